The van der Waals surface area contributed by atoms with Crippen LogP contribution in [0.25, 0.3) is 10.7 Å². The first-order valence-corrected chi connectivity index (χ1v) is 8.93. The molecule has 26 heavy (non-hydrogen) atoms. The van der Waals surface area contributed by atoms with Crippen LogP contribution < -0.4 is 14.8 Å². The summed E-state index contributed by atoms with van der Waals surface area (Å²) in [4.78, 5) is 21.1. The van der Waals surface area contributed by atoms with Crippen LogP contribution in [0.4, 0.5) is 5.69 Å². The second-order valence-corrected chi connectivity index (χ2v) is 6.54. The standard InChI is InChI=1S/C18H16ClN3O3S/c1-24-15-9-14(16(25-2)8-12(15)19)22-17(23)7-11-10-26-18(21-11)13-5-3-4-6-20-13/h3-6,8-10H,7H2,1-2H3,(H,22,23). The quantitative estimate of drug-likeness (QED) is 0.688. The lowest BCUT2D eigenvalue weighted by Crippen LogP contribution is -2.15. The number of carbonyl (C=O) groups excluding carboxylic acids is 1. The van der Waals surface area contributed by atoms with Crippen molar-refractivity contribution in [1.82, 2.24) is 9.97 Å². The second-order valence-electron chi connectivity index (χ2n) is 5.27. The van der Waals surface area contributed by atoms with E-state index < -0.39 is 0 Å². The Bertz CT molecular complexity index is 915. The summed E-state index contributed by atoms with van der Waals surface area (Å²) in [6.07, 6.45) is 1.85. The van der Waals surface area contributed by atoms with Gasteiger partial charge < -0.3 is 14.8 Å². The maximum Gasteiger partial charge on any atom is 0.230 e. The largest absolute Gasteiger partial charge is 0.495 e. The van der Waals surface area contributed by atoms with Crippen LogP contribution in [0, 0.1) is 0 Å². The summed E-state index contributed by atoms with van der Waals surface area (Å²) in [5.74, 6) is 0.691. The van der Waals surface area contributed by atoms with E-state index in [0.717, 1.165) is 10.7 Å². The van der Waals surface area contributed by atoms with Gasteiger partial charge in [-0.15, -0.1) is 11.3 Å². The van der Waals surface area contributed by atoms with Crippen molar-refractivity contribution in [2.75, 3.05) is 19.5 Å². The van der Waals surface area contributed by atoms with Gasteiger partial charge >= 0.3 is 0 Å². The number of methoxy groups -OCH3 is 2. The zero-order chi connectivity index (χ0) is 18.5. The number of thiazole rings is 1. The van der Waals surface area contributed by atoms with Gasteiger partial charge in [0.25, 0.3) is 0 Å². The van der Waals surface area contributed by atoms with Gasteiger partial charge in [-0.1, -0.05) is 17.7 Å². The molecule has 1 amide bonds. The summed E-state index contributed by atoms with van der Waals surface area (Å²) >= 11 is 7.53. The average Bonchev–Trinajstić information content (AvgIpc) is 3.11. The smallest absolute Gasteiger partial charge is 0.230 e. The average molecular weight is 390 g/mol. The molecule has 134 valence electrons. The molecule has 0 saturated heterocycles. The molecule has 3 aromatic rings. The molecule has 0 aliphatic rings. The minimum atomic E-state index is -0.217. The third kappa shape index (κ3) is 4.12. The Hall–Kier alpha value is -2.64. The van der Waals surface area contributed by atoms with Gasteiger partial charge in [-0.25, -0.2) is 4.98 Å². The molecule has 0 saturated carbocycles. The number of hydrogen-bond donors (Lipinski definition) is 1. The fourth-order valence-corrected chi connectivity index (χ4v) is 3.34. The number of amides is 1. The number of halogens is 1. The first-order chi connectivity index (χ1) is 12.6. The highest BCUT2D eigenvalue weighted by Crippen LogP contribution is 2.36. The molecule has 3 rings (SSSR count). The minimum absolute atomic E-state index is 0.136. The van der Waals surface area contributed by atoms with Crippen LogP contribution in [0.2, 0.25) is 5.02 Å². The number of benzene rings is 1. The molecule has 0 atom stereocenters. The molecule has 2 heterocycles. The minimum Gasteiger partial charge on any atom is -0.495 e. The number of pyridine rings is 1. The lowest BCUT2D eigenvalue weighted by atomic mass is 10.2. The van der Waals surface area contributed by atoms with Gasteiger partial charge in [0.05, 0.1) is 42.7 Å². The molecule has 0 bridgehead atoms. The molecule has 0 fully saturated rings. The van der Waals surface area contributed by atoms with Gasteiger partial charge in [0.15, 0.2) is 0 Å². The Morgan fingerprint density at radius 1 is 1.23 bits per heavy atom. The van der Waals surface area contributed by atoms with Gasteiger partial charge in [0.1, 0.15) is 16.5 Å². The molecule has 1 N–H and O–H groups in total. The van der Waals surface area contributed by atoms with Crippen LogP contribution in [0.3, 0.4) is 0 Å². The second kappa shape index (κ2) is 8.16. The number of nitrogens with one attached hydrogen (secondary N) is 1. The molecule has 6 nitrogen and oxygen atoms in total. The molecule has 0 unspecified atom stereocenters. The monoisotopic (exact) mass is 389 g/mol. The Morgan fingerprint density at radius 3 is 2.73 bits per heavy atom. The van der Waals surface area contributed by atoms with Crippen LogP contribution >= 0.6 is 22.9 Å². The van der Waals surface area contributed by atoms with Gasteiger partial charge in [-0.2, -0.15) is 0 Å². The van der Waals surface area contributed by atoms with Crippen LogP contribution in [-0.4, -0.2) is 30.1 Å². The maximum absolute atomic E-state index is 12.4. The van der Waals surface area contributed by atoms with E-state index in [0.29, 0.717) is 27.9 Å². The third-order valence-corrected chi connectivity index (χ3v) is 4.73. The molecule has 0 radical (unpaired) electrons. The summed E-state index contributed by atoms with van der Waals surface area (Å²) in [6.45, 7) is 0. The summed E-state index contributed by atoms with van der Waals surface area (Å²) in [5, 5.41) is 5.84. The number of carbonyl (C=O) groups is 1. The van der Waals surface area contributed by atoms with Gasteiger partial charge in [0, 0.05) is 23.7 Å². The van der Waals surface area contributed by atoms with Gasteiger partial charge in [-0.05, 0) is 12.1 Å². The zero-order valence-corrected chi connectivity index (χ0v) is 15.7. The SMILES string of the molecule is COc1cc(NC(=O)Cc2csc(-c3ccccn3)n2)c(OC)cc1Cl. The van der Waals surface area contributed by atoms with Crippen molar-refractivity contribution in [3.8, 4) is 22.2 Å². The van der Waals surface area contributed by atoms with Crippen LogP contribution in [0.5, 0.6) is 11.5 Å². The number of nitrogens with zero attached hydrogens (tertiary/aromatic N) is 2. The summed E-state index contributed by atoms with van der Waals surface area (Å²) in [6, 6.07) is 8.85. The van der Waals surface area contributed by atoms with Gasteiger partial charge in [0.2, 0.25) is 5.91 Å². The predicted molar refractivity (Wildman–Crippen MR) is 102 cm³/mol. The third-order valence-electron chi connectivity index (χ3n) is 3.53. The number of rotatable bonds is 6. The normalized spacial score (nSPS) is 10.4. The molecule has 2 aromatic heterocycles. The van der Waals surface area contributed by atoms with Gasteiger partial charge in [-0.3, -0.25) is 9.78 Å². The van der Waals surface area contributed by atoms with E-state index in [9.17, 15) is 4.79 Å². The van der Waals surface area contributed by atoms with Crippen molar-refractivity contribution in [2.24, 2.45) is 0 Å². The Kier molecular flexibility index (Phi) is 5.70. The highest BCUT2D eigenvalue weighted by atomic mass is 35.5. The Balaban J connectivity index is 1.73. The lowest BCUT2D eigenvalue weighted by Gasteiger charge is -2.12. The van der Waals surface area contributed by atoms with Crippen molar-refractivity contribution >= 4 is 34.5 Å². The lowest BCUT2D eigenvalue weighted by molar-refractivity contribution is -0.115. The summed E-state index contributed by atoms with van der Waals surface area (Å²) in [5.41, 5.74) is 1.94. The van der Waals surface area contributed by atoms with Crippen molar-refractivity contribution in [1.29, 1.82) is 0 Å². The molecule has 8 heteroatoms. The molecule has 0 aliphatic carbocycles. The van der Waals surface area contributed by atoms with E-state index in [1.54, 1.807) is 18.3 Å². The fourth-order valence-electron chi connectivity index (χ4n) is 2.31. The van der Waals surface area contributed by atoms with Crippen LogP contribution in [0.15, 0.2) is 41.9 Å². The fraction of sp³-hybridized carbons (Fsp3) is 0.167. The molecular weight excluding hydrogens is 374 g/mol. The van der Waals surface area contributed by atoms with E-state index >= 15 is 0 Å². The van der Waals surface area contributed by atoms with Crippen molar-refractivity contribution in [2.45, 2.75) is 6.42 Å². The van der Waals surface area contributed by atoms with Crippen molar-refractivity contribution < 1.29 is 14.3 Å². The number of ether oxygens (including phenoxy) is 2. The van der Waals surface area contributed by atoms with Crippen LogP contribution in [0.1, 0.15) is 5.69 Å². The van der Waals surface area contributed by atoms with Crippen molar-refractivity contribution in [3.05, 3.63) is 52.6 Å². The van der Waals surface area contributed by atoms with Crippen molar-refractivity contribution in [3.63, 3.8) is 0 Å². The first-order valence-electron chi connectivity index (χ1n) is 7.68. The highest BCUT2D eigenvalue weighted by molar-refractivity contribution is 7.13. The molecule has 0 aliphatic heterocycles. The Morgan fingerprint density at radius 2 is 2.04 bits per heavy atom. The number of hydrogen-bond acceptors (Lipinski definition) is 6. The van der Waals surface area contributed by atoms with E-state index in [1.807, 2.05) is 23.6 Å². The first kappa shape index (κ1) is 18.2. The maximum atomic E-state index is 12.4. The van der Waals surface area contributed by atoms with E-state index in [-0.39, 0.29) is 12.3 Å². The molecule has 1 aromatic carbocycles. The van der Waals surface area contributed by atoms with E-state index in [2.05, 4.69) is 15.3 Å². The molecular formula is C18H16ClN3O3S. The predicted octanol–water partition coefficient (Wildman–Crippen LogP) is 4.06. The number of aromatic nitrogens is 2. The van der Waals surface area contributed by atoms with E-state index in [1.165, 1.54) is 25.6 Å². The topological polar surface area (TPSA) is 73.3 Å². The summed E-state index contributed by atoms with van der Waals surface area (Å²) < 4.78 is 10.4. The highest BCUT2D eigenvalue weighted by Gasteiger charge is 2.14. The molecule has 0 spiro atoms. The zero-order valence-electron chi connectivity index (χ0n) is 14.2. The number of anilines is 1. The van der Waals surface area contributed by atoms with E-state index in [4.69, 9.17) is 21.1 Å². The summed E-state index contributed by atoms with van der Waals surface area (Å²) in [7, 11) is 3.01. The Labute approximate surface area is 159 Å². The van der Waals surface area contributed by atoms with Crippen LogP contribution in [-0.2, 0) is 11.2 Å².